The predicted molar refractivity (Wildman–Crippen MR) is 54.7 cm³/mol. The van der Waals surface area contributed by atoms with E-state index in [1.54, 1.807) is 0 Å². The fourth-order valence-electron chi connectivity index (χ4n) is 0.865. The summed E-state index contributed by atoms with van der Waals surface area (Å²) in [5, 5.41) is 0. The van der Waals surface area contributed by atoms with Crippen LogP contribution in [0.15, 0.2) is 18.2 Å². The molecular formula is C10H13BrOZn. The molecule has 0 saturated carbocycles. The van der Waals surface area contributed by atoms with Gasteiger partial charge in [-0.3, -0.25) is 0 Å². The van der Waals surface area contributed by atoms with E-state index in [9.17, 15) is 0 Å². The molecule has 0 aliphatic carbocycles. The molecule has 0 saturated heterocycles. The Balaban J connectivity index is 0.000000671. The third-order valence-corrected chi connectivity index (χ3v) is 1.47. The quantitative estimate of drug-likeness (QED) is 0.613. The van der Waals surface area contributed by atoms with Crippen molar-refractivity contribution in [2.75, 3.05) is 6.61 Å². The SMILES string of the molecule is CCCOc1[c-]cccc1C.[Zn+][Br]. The van der Waals surface area contributed by atoms with Gasteiger partial charge < -0.3 is 4.74 Å². The van der Waals surface area contributed by atoms with Crippen LogP contribution in [0.25, 0.3) is 0 Å². The number of benzene rings is 1. The Labute approximate surface area is 96.9 Å². The first kappa shape index (κ1) is 13.1. The Morgan fingerprint density at radius 1 is 1.54 bits per heavy atom. The zero-order chi connectivity index (χ0) is 10.1. The molecule has 3 heteroatoms. The second-order valence-electron chi connectivity index (χ2n) is 2.53. The van der Waals surface area contributed by atoms with E-state index in [1.165, 1.54) is 16.3 Å². The molecule has 0 amide bonds. The Hall–Kier alpha value is 0.123. The van der Waals surface area contributed by atoms with Gasteiger partial charge in [0.2, 0.25) is 0 Å². The molecule has 0 unspecified atom stereocenters. The summed E-state index contributed by atoms with van der Waals surface area (Å²) >= 11 is 4.25. The zero-order valence-electron chi connectivity index (χ0n) is 8.14. The normalized spacial score (nSPS) is 8.69. The molecule has 0 aromatic heterocycles. The van der Waals surface area contributed by atoms with E-state index in [4.69, 9.17) is 4.74 Å². The van der Waals surface area contributed by atoms with E-state index in [1.807, 2.05) is 25.1 Å². The van der Waals surface area contributed by atoms with Crippen LogP contribution in [0, 0.1) is 13.0 Å². The van der Waals surface area contributed by atoms with Gasteiger partial charge >= 0.3 is 30.0 Å². The van der Waals surface area contributed by atoms with E-state index < -0.39 is 0 Å². The van der Waals surface area contributed by atoms with Crippen molar-refractivity contribution in [3.8, 4) is 5.75 Å². The average molecular weight is 295 g/mol. The van der Waals surface area contributed by atoms with Gasteiger partial charge in [-0.15, -0.1) is 11.6 Å². The summed E-state index contributed by atoms with van der Waals surface area (Å²) in [5.74, 6) is 0.884. The van der Waals surface area contributed by atoms with Crippen LogP contribution >= 0.6 is 13.6 Å². The molecule has 0 spiro atoms. The van der Waals surface area contributed by atoms with Crippen LogP contribution < -0.4 is 4.74 Å². The first-order valence-corrected chi connectivity index (χ1v) is 11.2. The van der Waals surface area contributed by atoms with Crippen LogP contribution in [-0.2, 0) is 16.3 Å². The number of hydrogen-bond donors (Lipinski definition) is 0. The van der Waals surface area contributed by atoms with Crippen LogP contribution in [0.3, 0.4) is 0 Å². The van der Waals surface area contributed by atoms with E-state index in [0.717, 1.165) is 24.3 Å². The van der Waals surface area contributed by atoms with Gasteiger partial charge in [0.25, 0.3) is 0 Å². The second-order valence-corrected chi connectivity index (χ2v) is 2.53. The fourth-order valence-corrected chi connectivity index (χ4v) is 0.865. The predicted octanol–water partition coefficient (Wildman–Crippen LogP) is 3.43. The van der Waals surface area contributed by atoms with Crippen LogP contribution in [0.5, 0.6) is 5.75 Å². The standard InChI is InChI=1S/C10H13O.BrH.Zn/c1-3-8-11-10-7-5-4-6-9(10)2;;/h4-6H,3,8H2,1-2H3;1H;/q-1;;+2/p-1. The Morgan fingerprint density at radius 2 is 2.23 bits per heavy atom. The van der Waals surface area contributed by atoms with Crippen LogP contribution in [0.1, 0.15) is 18.9 Å². The maximum absolute atomic E-state index is 5.43. The molecule has 0 radical (unpaired) electrons. The minimum atomic E-state index is 0.779. The minimum absolute atomic E-state index is 0.779. The van der Waals surface area contributed by atoms with E-state index in [-0.39, 0.29) is 0 Å². The monoisotopic (exact) mass is 292 g/mol. The first-order chi connectivity index (χ1) is 6.34. The van der Waals surface area contributed by atoms with Gasteiger partial charge in [-0.25, -0.2) is 0 Å². The van der Waals surface area contributed by atoms with Gasteiger partial charge in [-0.05, 0) is 6.42 Å². The second kappa shape index (κ2) is 8.71. The number of aryl methyl sites for hydroxylation is 1. The van der Waals surface area contributed by atoms with Crippen LogP contribution in [0.4, 0.5) is 0 Å². The Bertz CT molecular complexity index is 228. The molecule has 0 heterocycles. The molecule has 13 heavy (non-hydrogen) atoms. The third kappa shape index (κ3) is 5.43. The van der Waals surface area contributed by atoms with Crippen molar-refractivity contribution in [2.24, 2.45) is 0 Å². The van der Waals surface area contributed by atoms with Crippen molar-refractivity contribution in [2.45, 2.75) is 20.3 Å². The molecule has 1 nitrogen and oxygen atoms in total. The first-order valence-electron chi connectivity index (χ1n) is 4.21. The summed E-state index contributed by atoms with van der Waals surface area (Å²) in [6.45, 7) is 4.90. The summed E-state index contributed by atoms with van der Waals surface area (Å²) in [5.41, 5.74) is 1.15. The third-order valence-electron chi connectivity index (χ3n) is 1.47. The maximum atomic E-state index is 5.43. The molecule has 0 atom stereocenters. The molecule has 0 N–H and O–H groups in total. The van der Waals surface area contributed by atoms with Gasteiger partial charge in [-0.2, -0.15) is 18.2 Å². The van der Waals surface area contributed by atoms with Gasteiger partial charge in [0, 0.05) is 5.75 Å². The molecule has 0 fully saturated rings. The number of ether oxygens (including phenoxy) is 1. The average Bonchev–Trinajstić information content (AvgIpc) is 2.20. The van der Waals surface area contributed by atoms with Crippen molar-refractivity contribution in [1.29, 1.82) is 0 Å². The summed E-state index contributed by atoms with van der Waals surface area (Å²) in [7, 11) is 0. The zero-order valence-corrected chi connectivity index (χ0v) is 12.7. The van der Waals surface area contributed by atoms with Crippen molar-refractivity contribution in [3.05, 3.63) is 29.8 Å². The van der Waals surface area contributed by atoms with Crippen molar-refractivity contribution in [1.82, 2.24) is 0 Å². The number of halogens is 1. The van der Waals surface area contributed by atoms with Gasteiger partial charge in [0.15, 0.2) is 0 Å². The molecule has 68 valence electrons. The molecule has 0 bridgehead atoms. The van der Waals surface area contributed by atoms with Gasteiger partial charge in [0.05, 0.1) is 6.61 Å². The summed E-state index contributed by atoms with van der Waals surface area (Å²) < 4.78 is 5.43. The van der Waals surface area contributed by atoms with Crippen LogP contribution in [-0.4, -0.2) is 6.61 Å². The molecule has 1 rings (SSSR count). The Kier molecular flexibility index (Phi) is 8.79. The summed E-state index contributed by atoms with van der Waals surface area (Å²) in [6.07, 6.45) is 1.04. The topological polar surface area (TPSA) is 9.23 Å². The van der Waals surface area contributed by atoms with Crippen molar-refractivity contribution < 1.29 is 21.1 Å². The molecule has 0 aliphatic heterocycles. The van der Waals surface area contributed by atoms with E-state index in [2.05, 4.69) is 26.6 Å². The van der Waals surface area contributed by atoms with Crippen molar-refractivity contribution >= 4 is 13.6 Å². The summed E-state index contributed by atoms with van der Waals surface area (Å²) in [6, 6.07) is 8.92. The fraction of sp³-hybridized carbons (Fsp3) is 0.400. The number of para-hydroxylation sites is 1. The number of hydrogen-bond acceptors (Lipinski definition) is 1. The molecule has 1 aromatic rings. The molecule has 1 aromatic carbocycles. The number of rotatable bonds is 3. The van der Waals surface area contributed by atoms with Gasteiger partial charge in [0.1, 0.15) is 0 Å². The van der Waals surface area contributed by atoms with E-state index in [0.29, 0.717) is 0 Å². The van der Waals surface area contributed by atoms with Crippen LogP contribution in [0.2, 0.25) is 0 Å². The molecular weight excluding hydrogens is 281 g/mol. The van der Waals surface area contributed by atoms with Crippen molar-refractivity contribution in [3.63, 3.8) is 0 Å². The molecule has 0 aliphatic rings. The summed E-state index contributed by atoms with van der Waals surface area (Å²) in [4.78, 5) is 0. The Morgan fingerprint density at radius 3 is 2.77 bits per heavy atom. The van der Waals surface area contributed by atoms with Gasteiger partial charge in [-0.1, -0.05) is 13.8 Å². The van der Waals surface area contributed by atoms with E-state index >= 15 is 0 Å².